The minimum absolute atomic E-state index is 0.0560. The molecule has 0 saturated carbocycles. The van der Waals surface area contributed by atoms with Gasteiger partial charge in [-0.1, -0.05) is 32.6 Å². The van der Waals surface area contributed by atoms with E-state index in [1.807, 2.05) is 13.8 Å². The molecule has 22 heavy (non-hydrogen) atoms. The first-order valence-corrected chi connectivity index (χ1v) is 8.40. The quantitative estimate of drug-likeness (QED) is 0.624. The molecule has 0 aromatic heterocycles. The van der Waals surface area contributed by atoms with Crippen LogP contribution in [0, 0.1) is 0 Å². The van der Waals surface area contributed by atoms with Crippen LogP contribution in [0.1, 0.15) is 63.2 Å². The van der Waals surface area contributed by atoms with Crippen molar-refractivity contribution in [3.63, 3.8) is 0 Å². The van der Waals surface area contributed by atoms with Crippen molar-refractivity contribution in [1.29, 1.82) is 0 Å². The standard InChI is InChI=1S/C18H29NO3/c1-4-7-8-9-10-13-19-18(20)15-11-12-16(21-5-2)17(14-15)22-6-3/h11-12,14H,4-10,13H2,1-3H3,(H,19,20). The van der Waals surface area contributed by atoms with Crippen molar-refractivity contribution < 1.29 is 14.3 Å². The molecule has 1 aromatic carbocycles. The lowest BCUT2D eigenvalue weighted by atomic mass is 10.1. The molecule has 0 unspecified atom stereocenters. The summed E-state index contributed by atoms with van der Waals surface area (Å²) in [6, 6.07) is 5.32. The van der Waals surface area contributed by atoms with Gasteiger partial charge in [-0.2, -0.15) is 0 Å². The van der Waals surface area contributed by atoms with Crippen LogP contribution in [0.15, 0.2) is 18.2 Å². The molecule has 1 amide bonds. The van der Waals surface area contributed by atoms with Gasteiger partial charge in [0, 0.05) is 12.1 Å². The van der Waals surface area contributed by atoms with E-state index in [1.54, 1.807) is 18.2 Å². The van der Waals surface area contributed by atoms with E-state index in [2.05, 4.69) is 12.2 Å². The van der Waals surface area contributed by atoms with Gasteiger partial charge in [-0.25, -0.2) is 0 Å². The Kier molecular flexibility index (Phi) is 9.12. The van der Waals surface area contributed by atoms with E-state index >= 15 is 0 Å². The fraction of sp³-hybridized carbons (Fsp3) is 0.611. The number of carbonyl (C=O) groups is 1. The molecule has 0 saturated heterocycles. The first-order chi connectivity index (χ1) is 10.7. The van der Waals surface area contributed by atoms with Crippen molar-refractivity contribution in [2.24, 2.45) is 0 Å². The number of ether oxygens (including phenoxy) is 2. The van der Waals surface area contributed by atoms with Gasteiger partial charge in [-0.15, -0.1) is 0 Å². The summed E-state index contributed by atoms with van der Waals surface area (Å²) in [5.41, 5.74) is 0.612. The fourth-order valence-corrected chi connectivity index (χ4v) is 2.22. The van der Waals surface area contributed by atoms with Gasteiger partial charge < -0.3 is 14.8 Å². The topological polar surface area (TPSA) is 47.6 Å². The highest BCUT2D eigenvalue weighted by Gasteiger charge is 2.11. The maximum absolute atomic E-state index is 12.2. The Morgan fingerprint density at radius 3 is 2.32 bits per heavy atom. The lowest BCUT2D eigenvalue weighted by molar-refractivity contribution is 0.0952. The molecule has 1 aromatic rings. The smallest absolute Gasteiger partial charge is 0.251 e. The largest absolute Gasteiger partial charge is 0.490 e. The summed E-state index contributed by atoms with van der Waals surface area (Å²) in [6.07, 6.45) is 5.94. The van der Waals surface area contributed by atoms with Gasteiger partial charge in [0.05, 0.1) is 13.2 Å². The van der Waals surface area contributed by atoms with Crippen molar-refractivity contribution in [1.82, 2.24) is 5.32 Å². The number of hydrogen-bond acceptors (Lipinski definition) is 3. The van der Waals surface area contributed by atoms with Crippen LogP contribution in [0.5, 0.6) is 11.5 Å². The molecular formula is C18H29NO3. The predicted octanol–water partition coefficient (Wildman–Crippen LogP) is 4.18. The first kappa shape index (κ1) is 18.3. The summed E-state index contributed by atoms with van der Waals surface area (Å²) in [4.78, 5) is 12.2. The monoisotopic (exact) mass is 307 g/mol. The van der Waals surface area contributed by atoms with Crippen LogP contribution in [0.2, 0.25) is 0 Å². The molecule has 124 valence electrons. The van der Waals surface area contributed by atoms with E-state index in [9.17, 15) is 4.79 Å². The Morgan fingerprint density at radius 1 is 0.955 bits per heavy atom. The zero-order valence-corrected chi connectivity index (χ0v) is 14.1. The van der Waals surface area contributed by atoms with E-state index in [1.165, 1.54) is 25.7 Å². The Labute approximate surface area is 134 Å². The van der Waals surface area contributed by atoms with Gasteiger partial charge in [0.1, 0.15) is 0 Å². The highest BCUT2D eigenvalue weighted by molar-refractivity contribution is 5.94. The number of amides is 1. The maximum atomic E-state index is 12.2. The van der Waals surface area contributed by atoms with Gasteiger partial charge in [0.2, 0.25) is 0 Å². The minimum atomic E-state index is -0.0560. The van der Waals surface area contributed by atoms with Gasteiger partial charge in [0.25, 0.3) is 5.91 Å². The molecule has 0 aliphatic carbocycles. The third-order valence-corrected chi connectivity index (χ3v) is 3.37. The van der Waals surface area contributed by atoms with E-state index in [0.29, 0.717) is 30.3 Å². The van der Waals surface area contributed by atoms with Gasteiger partial charge in [0.15, 0.2) is 11.5 Å². The number of benzene rings is 1. The summed E-state index contributed by atoms with van der Waals surface area (Å²) in [7, 11) is 0. The van der Waals surface area contributed by atoms with Crippen molar-refractivity contribution in [3.05, 3.63) is 23.8 Å². The highest BCUT2D eigenvalue weighted by atomic mass is 16.5. The molecule has 0 atom stereocenters. The molecule has 0 spiro atoms. The Bertz CT molecular complexity index is 446. The Morgan fingerprint density at radius 2 is 1.64 bits per heavy atom. The van der Waals surface area contributed by atoms with E-state index in [-0.39, 0.29) is 5.91 Å². The molecule has 4 nitrogen and oxygen atoms in total. The molecule has 0 fully saturated rings. The molecule has 1 rings (SSSR count). The molecule has 0 aliphatic heterocycles. The number of nitrogens with one attached hydrogen (secondary N) is 1. The fourth-order valence-electron chi connectivity index (χ4n) is 2.22. The first-order valence-electron chi connectivity index (χ1n) is 8.40. The zero-order valence-electron chi connectivity index (χ0n) is 14.1. The van der Waals surface area contributed by atoms with E-state index in [0.717, 1.165) is 13.0 Å². The average Bonchev–Trinajstić information content (AvgIpc) is 2.52. The van der Waals surface area contributed by atoms with Crippen LogP contribution in [0.25, 0.3) is 0 Å². The molecular weight excluding hydrogens is 278 g/mol. The van der Waals surface area contributed by atoms with Crippen molar-refractivity contribution in [2.45, 2.75) is 52.9 Å². The third kappa shape index (κ3) is 6.37. The van der Waals surface area contributed by atoms with Crippen LogP contribution in [-0.2, 0) is 0 Å². The second-order valence-corrected chi connectivity index (χ2v) is 5.20. The van der Waals surface area contributed by atoms with Gasteiger partial charge in [-0.05, 0) is 38.5 Å². The van der Waals surface area contributed by atoms with Crippen LogP contribution >= 0.6 is 0 Å². The number of carbonyl (C=O) groups excluding carboxylic acids is 1. The Hall–Kier alpha value is -1.71. The molecule has 0 heterocycles. The van der Waals surface area contributed by atoms with Crippen LogP contribution < -0.4 is 14.8 Å². The summed E-state index contributed by atoms with van der Waals surface area (Å²) in [5, 5.41) is 2.96. The van der Waals surface area contributed by atoms with E-state index < -0.39 is 0 Å². The summed E-state index contributed by atoms with van der Waals surface area (Å²) < 4.78 is 11.0. The second kappa shape index (κ2) is 10.9. The summed E-state index contributed by atoms with van der Waals surface area (Å²) >= 11 is 0. The zero-order chi connectivity index (χ0) is 16.2. The van der Waals surface area contributed by atoms with Gasteiger partial charge >= 0.3 is 0 Å². The van der Waals surface area contributed by atoms with Crippen molar-refractivity contribution in [2.75, 3.05) is 19.8 Å². The van der Waals surface area contributed by atoms with Crippen LogP contribution in [0.4, 0.5) is 0 Å². The molecule has 0 radical (unpaired) electrons. The summed E-state index contributed by atoms with van der Waals surface area (Å²) in [5.74, 6) is 1.25. The average molecular weight is 307 g/mol. The lowest BCUT2D eigenvalue weighted by Gasteiger charge is -2.12. The van der Waals surface area contributed by atoms with E-state index in [4.69, 9.17) is 9.47 Å². The van der Waals surface area contributed by atoms with Crippen LogP contribution in [-0.4, -0.2) is 25.7 Å². The summed E-state index contributed by atoms with van der Waals surface area (Å²) in [6.45, 7) is 7.88. The molecule has 0 aliphatic rings. The predicted molar refractivity (Wildman–Crippen MR) is 89.9 cm³/mol. The Balaban J connectivity index is 2.52. The lowest BCUT2D eigenvalue weighted by Crippen LogP contribution is -2.24. The number of hydrogen-bond donors (Lipinski definition) is 1. The minimum Gasteiger partial charge on any atom is -0.490 e. The maximum Gasteiger partial charge on any atom is 0.251 e. The van der Waals surface area contributed by atoms with Crippen molar-refractivity contribution in [3.8, 4) is 11.5 Å². The highest BCUT2D eigenvalue weighted by Crippen LogP contribution is 2.28. The third-order valence-electron chi connectivity index (χ3n) is 3.37. The SMILES string of the molecule is CCCCCCCNC(=O)c1ccc(OCC)c(OCC)c1. The molecule has 4 heteroatoms. The molecule has 0 bridgehead atoms. The van der Waals surface area contributed by atoms with Gasteiger partial charge in [-0.3, -0.25) is 4.79 Å². The molecule has 1 N–H and O–H groups in total. The van der Waals surface area contributed by atoms with Crippen molar-refractivity contribution >= 4 is 5.91 Å². The number of rotatable bonds is 11. The second-order valence-electron chi connectivity index (χ2n) is 5.20. The van der Waals surface area contributed by atoms with Crippen LogP contribution in [0.3, 0.4) is 0 Å². The normalized spacial score (nSPS) is 10.3. The number of unbranched alkanes of at least 4 members (excludes halogenated alkanes) is 4.